The van der Waals surface area contributed by atoms with E-state index in [0.29, 0.717) is 5.56 Å². The normalized spacial score (nSPS) is 11.9. The number of carbonyl (C=O) groups is 1. The summed E-state index contributed by atoms with van der Waals surface area (Å²) in [6.45, 7) is 1.72. The summed E-state index contributed by atoms with van der Waals surface area (Å²) < 4.78 is 0.956. The predicted molar refractivity (Wildman–Crippen MR) is 96.1 cm³/mol. The molecule has 0 radical (unpaired) electrons. The van der Waals surface area contributed by atoms with Crippen molar-refractivity contribution in [2.45, 2.75) is 13.0 Å². The molecule has 7 nitrogen and oxygen atoms in total. The van der Waals surface area contributed by atoms with E-state index in [1.54, 1.807) is 19.1 Å². The van der Waals surface area contributed by atoms with Gasteiger partial charge in [0.2, 0.25) is 0 Å². The summed E-state index contributed by atoms with van der Waals surface area (Å²) in [4.78, 5) is 22.1. The van der Waals surface area contributed by atoms with Crippen LogP contribution in [0.5, 0.6) is 0 Å². The van der Waals surface area contributed by atoms with E-state index in [0.717, 1.165) is 10.2 Å². The van der Waals surface area contributed by atoms with Crippen LogP contribution in [0.2, 0.25) is 0 Å². The fraction of sp³-hybridized carbons (Fsp3) is 0.125. The number of nitrogens with zero attached hydrogens (tertiary/aromatic N) is 2. The number of nitro groups is 1. The van der Waals surface area contributed by atoms with Gasteiger partial charge < -0.3 is 5.32 Å². The maximum Gasteiger partial charge on any atom is 0.269 e. The topological polar surface area (TPSA) is 96.6 Å². The minimum Gasteiger partial charge on any atom is -0.374 e. The van der Waals surface area contributed by atoms with Gasteiger partial charge in [-0.05, 0) is 48.9 Å². The number of benzene rings is 2. The van der Waals surface area contributed by atoms with Crippen LogP contribution in [0, 0.1) is 10.1 Å². The van der Waals surface area contributed by atoms with Crippen LogP contribution in [0.3, 0.4) is 0 Å². The average Bonchev–Trinajstić information content (AvgIpc) is 2.57. The molecular formula is C16H15BrN4O3. The molecule has 2 aromatic rings. The quantitative estimate of drug-likeness (QED) is 0.449. The molecule has 0 aromatic heterocycles. The molecule has 2 rings (SSSR count). The number of carbonyl (C=O) groups excluding carboxylic acids is 1. The molecule has 0 aliphatic carbocycles. The highest BCUT2D eigenvalue weighted by atomic mass is 79.9. The number of hydrogen-bond acceptors (Lipinski definition) is 5. The molecule has 0 bridgehead atoms. The van der Waals surface area contributed by atoms with Crippen molar-refractivity contribution in [3.05, 3.63) is 68.7 Å². The standard InChI is InChI=1S/C16H15BrN4O3/c1-11(19-14-6-4-13(17)5-7-14)16(22)20-18-10-12-2-8-15(9-3-12)21(23)24/h2-11,19H,1H3,(H,20,22)/b18-10+. The second-order valence-corrected chi connectivity index (χ2v) is 5.87. The van der Waals surface area contributed by atoms with Crippen LogP contribution in [0.1, 0.15) is 12.5 Å². The van der Waals surface area contributed by atoms with E-state index < -0.39 is 11.0 Å². The van der Waals surface area contributed by atoms with Crippen LogP contribution in [-0.2, 0) is 4.79 Å². The highest BCUT2D eigenvalue weighted by Crippen LogP contribution is 2.15. The lowest BCUT2D eigenvalue weighted by Gasteiger charge is -2.13. The molecule has 0 fully saturated rings. The lowest BCUT2D eigenvalue weighted by atomic mass is 10.2. The number of nitrogens with one attached hydrogen (secondary N) is 2. The van der Waals surface area contributed by atoms with Crippen LogP contribution >= 0.6 is 15.9 Å². The Morgan fingerprint density at radius 3 is 2.42 bits per heavy atom. The van der Waals surface area contributed by atoms with Crippen LogP contribution in [-0.4, -0.2) is 23.1 Å². The van der Waals surface area contributed by atoms with E-state index in [-0.39, 0.29) is 11.6 Å². The zero-order valence-electron chi connectivity index (χ0n) is 12.8. The minimum atomic E-state index is -0.474. The summed E-state index contributed by atoms with van der Waals surface area (Å²) in [7, 11) is 0. The van der Waals surface area contributed by atoms with E-state index >= 15 is 0 Å². The Balaban J connectivity index is 1.87. The Morgan fingerprint density at radius 1 is 1.21 bits per heavy atom. The van der Waals surface area contributed by atoms with Crippen molar-refractivity contribution in [1.29, 1.82) is 0 Å². The van der Waals surface area contributed by atoms with Gasteiger partial charge in [0.15, 0.2) is 0 Å². The second-order valence-electron chi connectivity index (χ2n) is 4.96. The van der Waals surface area contributed by atoms with Crippen molar-refractivity contribution in [2.24, 2.45) is 5.10 Å². The summed E-state index contributed by atoms with van der Waals surface area (Å²) in [6, 6.07) is 12.8. The molecule has 8 heteroatoms. The molecule has 1 amide bonds. The van der Waals surface area contributed by atoms with E-state index in [9.17, 15) is 14.9 Å². The number of anilines is 1. The number of hydrogen-bond donors (Lipinski definition) is 2. The molecule has 0 spiro atoms. The summed E-state index contributed by atoms with van der Waals surface area (Å²) in [5.74, 6) is -0.295. The van der Waals surface area contributed by atoms with E-state index in [2.05, 4.69) is 31.8 Å². The zero-order valence-corrected chi connectivity index (χ0v) is 14.4. The number of rotatable bonds is 6. The van der Waals surface area contributed by atoms with Gasteiger partial charge in [-0.2, -0.15) is 5.10 Å². The van der Waals surface area contributed by atoms with Crippen molar-refractivity contribution in [3.8, 4) is 0 Å². The Kier molecular flexibility index (Phi) is 6.02. The van der Waals surface area contributed by atoms with Crippen LogP contribution in [0.15, 0.2) is 58.1 Å². The van der Waals surface area contributed by atoms with Gasteiger partial charge in [-0.1, -0.05) is 15.9 Å². The van der Waals surface area contributed by atoms with Gasteiger partial charge >= 0.3 is 0 Å². The fourth-order valence-corrected chi connectivity index (χ4v) is 2.08. The first kappa shape index (κ1) is 17.6. The molecular weight excluding hydrogens is 376 g/mol. The molecule has 2 N–H and O–H groups in total. The number of amides is 1. The molecule has 124 valence electrons. The maximum atomic E-state index is 12.0. The highest BCUT2D eigenvalue weighted by molar-refractivity contribution is 9.10. The molecule has 0 aliphatic heterocycles. The summed E-state index contributed by atoms with van der Waals surface area (Å²) >= 11 is 3.35. The Morgan fingerprint density at radius 2 is 1.83 bits per heavy atom. The predicted octanol–water partition coefficient (Wildman–Crippen LogP) is 3.31. The average molecular weight is 391 g/mol. The van der Waals surface area contributed by atoms with E-state index in [1.165, 1.54) is 18.3 Å². The Hall–Kier alpha value is -2.74. The maximum absolute atomic E-state index is 12.0. The van der Waals surface area contributed by atoms with E-state index in [1.807, 2.05) is 24.3 Å². The molecule has 0 saturated carbocycles. The van der Waals surface area contributed by atoms with Crippen molar-refractivity contribution >= 4 is 39.4 Å². The van der Waals surface area contributed by atoms with Gasteiger partial charge in [-0.25, -0.2) is 5.43 Å². The zero-order chi connectivity index (χ0) is 17.5. The largest absolute Gasteiger partial charge is 0.374 e. The Labute approximate surface area is 147 Å². The molecule has 0 aliphatic rings. The fourth-order valence-electron chi connectivity index (χ4n) is 1.81. The van der Waals surface area contributed by atoms with Crippen LogP contribution in [0.25, 0.3) is 0 Å². The molecule has 1 unspecified atom stereocenters. The third-order valence-corrected chi connectivity index (χ3v) is 3.64. The SMILES string of the molecule is CC(Nc1ccc(Br)cc1)C(=O)N/N=C/c1ccc([N+](=O)[O-])cc1. The van der Waals surface area contributed by atoms with E-state index in [4.69, 9.17) is 0 Å². The summed E-state index contributed by atoms with van der Waals surface area (Å²) in [6.07, 6.45) is 1.42. The van der Waals surface area contributed by atoms with Gasteiger partial charge in [0.1, 0.15) is 6.04 Å². The smallest absolute Gasteiger partial charge is 0.269 e. The number of nitro benzene ring substituents is 1. The van der Waals surface area contributed by atoms with Gasteiger partial charge in [0.05, 0.1) is 11.1 Å². The minimum absolute atomic E-state index is 0.00325. The first-order valence-corrected chi connectivity index (χ1v) is 7.84. The highest BCUT2D eigenvalue weighted by Gasteiger charge is 2.11. The van der Waals surface area contributed by atoms with Gasteiger partial charge in [-0.15, -0.1) is 0 Å². The molecule has 1 atom stereocenters. The summed E-state index contributed by atoms with van der Waals surface area (Å²) in [5.41, 5.74) is 3.90. The number of hydrazone groups is 1. The number of non-ortho nitro benzene ring substituents is 1. The third-order valence-electron chi connectivity index (χ3n) is 3.11. The monoisotopic (exact) mass is 390 g/mol. The molecule has 0 heterocycles. The molecule has 0 saturated heterocycles. The van der Waals surface area contributed by atoms with Crippen molar-refractivity contribution in [1.82, 2.24) is 5.43 Å². The van der Waals surface area contributed by atoms with Crippen LogP contribution < -0.4 is 10.7 Å². The van der Waals surface area contributed by atoms with Gasteiger partial charge in [0, 0.05) is 22.3 Å². The van der Waals surface area contributed by atoms with Crippen LogP contribution in [0.4, 0.5) is 11.4 Å². The lowest BCUT2D eigenvalue weighted by Crippen LogP contribution is -2.34. The van der Waals surface area contributed by atoms with Crippen molar-refractivity contribution < 1.29 is 9.72 Å². The molecule has 2 aromatic carbocycles. The lowest BCUT2D eigenvalue weighted by molar-refractivity contribution is -0.384. The Bertz CT molecular complexity index is 745. The number of halogens is 1. The third kappa shape index (κ3) is 5.17. The van der Waals surface area contributed by atoms with Crippen molar-refractivity contribution in [3.63, 3.8) is 0 Å². The molecule has 24 heavy (non-hydrogen) atoms. The second kappa shape index (κ2) is 8.21. The summed E-state index contributed by atoms with van der Waals surface area (Å²) in [5, 5.41) is 17.5. The van der Waals surface area contributed by atoms with Crippen molar-refractivity contribution in [2.75, 3.05) is 5.32 Å². The van der Waals surface area contributed by atoms with Gasteiger partial charge in [-0.3, -0.25) is 14.9 Å². The van der Waals surface area contributed by atoms with Gasteiger partial charge in [0.25, 0.3) is 11.6 Å². The first-order chi connectivity index (χ1) is 11.5. The first-order valence-electron chi connectivity index (χ1n) is 7.05.